The van der Waals surface area contributed by atoms with Crippen LogP contribution >= 0.6 is 11.8 Å². The molecule has 240 valence electrons. The summed E-state index contributed by atoms with van der Waals surface area (Å²) < 4.78 is 0. The molecule has 0 aliphatic rings. The van der Waals surface area contributed by atoms with Gasteiger partial charge in [0.1, 0.15) is 11.5 Å². The molecule has 0 radical (unpaired) electrons. The topological polar surface area (TPSA) is 40.5 Å². The van der Waals surface area contributed by atoms with Crippen LogP contribution in [0.5, 0.6) is 11.5 Å². The molecule has 0 saturated heterocycles. The fourth-order valence-electron chi connectivity index (χ4n) is 6.17. The fraction of sp³-hybridized carbons (Fsp3) is 0.429. The maximum Gasteiger partial charge on any atom is 0.122 e. The lowest BCUT2D eigenvalue weighted by Gasteiger charge is -2.16. The standard InChI is InChI=1S/C42H54O2S/c1-31(2)39-29-35(27-37(41(39)43)25-33-17-9-5-10-18-33)21-13-7-15-23-45-24-16-8-14-22-36-28-38(26-34-19-11-6-12-20-34)42(44)40(30-36)32(3)4/h5-6,9-12,17-20,27-32,43-44H,7-8,13-16,21-26H2,1-4H3. The highest BCUT2D eigenvalue weighted by atomic mass is 32.2. The maximum atomic E-state index is 10.9. The van der Waals surface area contributed by atoms with Gasteiger partial charge in [0.05, 0.1) is 0 Å². The molecule has 45 heavy (non-hydrogen) atoms. The lowest BCUT2D eigenvalue weighted by molar-refractivity contribution is 0.458. The molecule has 0 unspecified atom stereocenters. The molecular weight excluding hydrogens is 569 g/mol. The average molecular weight is 623 g/mol. The summed E-state index contributed by atoms with van der Waals surface area (Å²) in [5.74, 6) is 4.06. The molecule has 0 fully saturated rings. The van der Waals surface area contributed by atoms with Crippen molar-refractivity contribution in [2.45, 2.75) is 104 Å². The Kier molecular flexibility index (Phi) is 14.0. The van der Waals surface area contributed by atoms with Gasteiger partial charge in [-0.1, -0.05) is 125 Å². The zero-order valence-electron chi connectivity index (χ0n) is 28.0. The lowest BCUT2D eigenvalue weighted by Crippen LogP contribution is -1.99. The molecule has 2 N–H and O–H groups in total. The van der Waals surface area contributed by atoms with Crippen molar-refractivity contribution < 1.29 is 10.2 Å². The van der Waals surface area contributed by atoms with E-state index >= 15 is 0 Å². The third-order valence-electron chi connectivity index (χ3n) is 8.78. The summed E-state index contributed by atoms with van der Waals surface area (Å²) in [7, 11) is 0. The number of aryl methyl sites for hydroxylation is 2. The number of aromatic hydroxyl groups is 2. The van der Waals surface area contributed by atoms with Crippen LogP contribution in [-0.2, 0) is 25.7 Å². The van der Waals surface area contributed by atoms with Gasteiger partial charge in [0.25, 0.3) is 0 Å². The third-order valence-corrected chi connectivity index (χ3v) is 9.94. The van der Waals surface area contributed by atoms with Gasteiger partial charge in [-0.05, 0) is 106 Å². The predicted octanol–water partition coefficient (Wildman–Crippen LogP) is 11.4. The lowest BCUT2D eigenvalue weighted by atomic mass is 9.91. The van der Waals surface area contributed by atoms with Gasteiger partial charge >= 0.3 is 0 Å². The summed E-state index contributed by atoms with van der Waals surface area (Å²) in [4.78, 5) is 0. The minimum absolute atomic E-state index is 0.312. The van der Waals surface area contributed by atoms with E-state index in [0.717, 1.165) is 47.9 Å². The number of phenols is 2. The summed E-state index contributed by atoms with van der Waals surface area (Å²) in [6.45, 7) is 8.67. The van der Waals surface area contributed by atoms with Gasteiger partial charge in [-0.3, -0.25) is 0 Å². The van der Waals surface area contributed by atoms with Gasteiger partial charge < -0.3 is 10.2 Å². The van der Waals surface area contributed by atoms with Crippen LogP contribution in [0.1, 0.15) is 123 Å². The van der Waals surface area contributed by atoms with Crippen LogP contribution in [0, 0.1) is 0 Å². The van der Waals surface area contributed by atoms with Crippen molar-refractivity contribution in [3.63, 3.8) is 0 Å². The molecule has 4 rings (SSSR count). The van der Waals surface area contributed by atoms with Crippen molar-refractivity contribution in [3.05, 3.63) is 129 Å². The van der Waals surface area contributed by atoms with Crippen molar-refractivity contribution in [2.24, 2.45) is 0 Å². The minimum atomic E-state index is 0.312. The van der Waals surface area contributed by atoms with E-state index in [-0.39, 0.29) is 0 Å². The normalized spacial score (nSPS) is 11.5. The van der Waals surface area contributed by atoms with Gasteiger partial charge in [-0.2, -0.15) is 11.8 Å². The Morgan fingerprint density at radius 3 is 1.27 bits per heavy atom. The second-order valence-electron chi connectivity index (χ2n) is 13.3. The molecule has 0 amide bonds. The third kappa shape index (κ3) is 11.0. The van der Waals surface area contributed by atoms with E-state index in [9.17, 15) is 10.2 Å². The van der Waals surface area contributed by atoms with Crippen molar-refractivity contribution in [1.82, 2.24) is 0 Å². The molecule has 3 heteroatoms. The van der Waals surface area contributed by atoms with Crippen LogP contribution in [0.3, 0.4) is 0 Å². The molecule has 0 aliphatic carbocycles. The van der Waals surface area contributed by atoms with E-state index in [1.54, 1.807) is 0 Å². The Morgan fingerprint density at radius 1 is 0.489 bits per heavy atom. The van der Waals surface area contributed by atoms with Crippen LogP contribution in [0.2, 0.25) is 0 Å². The van der Waals surface area contributed by atoms with Crippen LogP contribution < -0.4 is 0 Å². The smallest absolute Gasteiger partial charge is 0.122 e. The second kappa shape index (κ2) is 18.1. The number of hydrogen-bond donors (Lipinski definition) is 2. The van der Waals surface area contributed by atoms with Crippen LogP contribution in [0.25, 0.3) is 0 Å². The highest BCUT2D eigenvalue weighted by molar-refractivity contribution is 7.99. The van der Waals surface area contributed by atoms with Crippen LogP contribution in [-0.4, -0.2) is 21.7 Å². The number of thioether (sulfide) groups is 1. The van der Waals surface area contributed by atoms with E-state index in [1.807, 2.05) is 12.1 Å². The predicted molar refractivity (Wildman–Crippen MR) is 195 cm³/mol. The maximum absolute atomic E-state index is 10.9. The number of unbranched alkanes of at least 4 members (excludes halogenated alkanes) is 4. The molecule has 0 bridgehead atoms. The molecule has 0 saturated carbocycles. The summed E-state index contributed by atoms with van der Waals surface area (Å²) >= 11 is 2.10. The number of benzene rings is 4. The van der Waals surface area contributed by atoms with E-state index in [1.165, 1.54) is 72.3 Å². The largest absolute Gasteiger partial charge is 0.507 e. The molecule has 0 spiro atoms. The van der Waals surface area contributed by atoms with Crippen molar-refractivity contribution >= 4 is 11.8 Å². The van der Waals surface area contributed by atoms with Gasteiger partial charge in [0, 0.05) is 12.8 Å². The average Bonchev–Trinajstić information content (AvgIpc) is 3.03. The zero-order valence-corrected chi connectivity index (χ0v) is 28.8. The Balaban J connectivity index is 1.14. The van der Waals surface area contributed by atoms with Crippen molar-refractivity contribution in [2.75, 3.05) is 11.5 Å². The van der Waals surface area contributed by atoms with E-state index in [0.29, 0.717) is 23.3 Å². The van der Waals surface area contributed by atoms with E-state index in [2.05, 4.69) is 112 Å². The molecule has 2 nitrogen and oxygen atoms in total. The molecule has 4 aromatic carbocycles. The highest BCUT2D eigenvalue weighted by Gasteiger charge is 2.15. The fourth-order valence-corrected chi connectivity index (χ4v) is 7.19. The Hall–Kier alpha value is -3.17. The summed E-state index contributed by atoms with van der Waals surface area (Å²) in [6, 6.07) is 29.8. The minimum Gasteiger partial charge on any atom is -0.507 e. The van der Waals surface area contributed by atoms with Gasteiger partial charge in [-0.25, -0.2) is 0 Å². The number of phenolic OH excluding ortho intramolecular Hbond substituents is 2. The van der Waals surface area contributed by atoms with Gasteiger partial charge in [-0.15, -0.1) is 0 Å². The summed E-state index contributed by atoms with van der Waals surface area (Å²) in [5.41, 5.74) is 9.45. The number of hydrogen-bond acceptors (Lipinski definition) is 3. The van der Waals surface area contributed by atoms with Crippen molar-refractivity contribution in [3.8, 4) is 11.5 Å². The monoisotopic (exact) mass is 622 g/mol. The first-order valence-corrected chi connectivity index (χ1v) is 18.3. The Bertz CT molecular complexity index is 1330. The summed E-state index contributed by atoms with van der Waals surface area (Å²) in [6.07, 6.45) is 11.2. The molecular formula is C42H54O2S. The quantitative estimate of drug-likeness (QED) is 0.108. The molecule has 0 atom stereocenters. The first-order valence-electron chi connectivity index (χ1n) is 17.2. The first kappa shape index (κ1) is 34.7. The van der Waals surface area contributed by atoms with E-state index in [4.69, 9.17) is 0 Å². The Morgan fingerprint density at radius 2 is 0.889 bits per heavy atom. The van der Waals surface area contributed by atoms with Gasteiger partial charge in [0.2, 0.25) is 0 Å². The van der Waals surface area contributed by atoms with Gasteiger partial charge in [0.15, 0.2) is 0 Å². The number of rotatable bonds is 18. The Labute approximate surface area is 277 Å². The SMILES string of the molecule is CC(C)c1cc(CCCCCSCCCCCc2cc(Cc3ccccc3)c(O)c(C(C)C)c2)cc(Cc2ccccc2)c1O. The van der Waals surface area contributed by atoms with Crippen molar-refractivity contribution in [1.29, 1.82) is 0 Å². The van der Waals surface area contributed by atoms with E-state index < -0.39 is 0 Å². The summed E-state index contributed by atoms with van der Waals surface area (Å²) in [5, 5.41) is 21.9. The molecule has 4 aromatic rings. The van der Waals surface area contributed by atoms with Crippen LogP contribution in [0.15, 0.2) is 84.9 Å². The highest BCUT2D eigenvalue weighted by Crippen LogP contribution is 2.34. The zero-order chi connectivity index (χ0) is 32.0. The second-order valence-corrected chi connectivity index (χ2v) is 14.5. The molecule has 0 aliphatic heterocycles. The molecule has 0 heterocycles. The van der Waals surface area contributed by atoms with Crippen LogP contribution in [0.4, 0.5) is 0 Å². The first-order chi connectivity index (χ1) is 21.8. The molecule has 0 aromatic heterocycles.